The maximum Gasteiger partial charge on any atom is 0.203 e. The first-order chi connectivity index (χ1) is 7.76. The standard InChI is InChI=1S/C12H21N3O/c1-4-13-12-14-9(2)8-15(12)10-6-5-7-11(10)16-3/h8,10-11H,4-7H2,1-3H3,(H,13,14). The highest BCUT2D eigenvalue weighted by molar-refractivity contribution is 5.29. The van der Waals surface area contributed by atoms with E-state index >= 15 is 0 Å². The Hall–Kier alpha value is -1.03. The Kier molecular flexibility index (Phi) is 3.49. The first-order valence-electron chi connectivity index (χ1n) is 6.08. The zero-order valence-electron chi connectivity index (χ0n) is 10.4. The van der Waals surface area contributed by atoms with E-state index in [0.29, 0.717) is 12.1 Å². The van der Waals surface area contributed by atoms with Crippen LogP contribution in [0.15, 0.2) is 6.20 Å². The van der Waals surface area contributed by atoms with E-state index in [9.17, 15) is 0 Å². The van der Waals surface area contributed by atoms with Crippen LogP contribution in [0, 0.1) is 6.92 Å². The molecule has 0 spiro atoms. The molecule has 1 aromatic heterocycles. The van der Waals surface area contributed by atoms with Gasteiger partial charge < -0.3 is 14.6 Å². The summed E-state index contributed by atoms with van der Waals surface area (Å²) in [5.41, 5.74) is 1.07. The van der Waals surface area contributed by atoms with E-state index in [1.807, 2.05) is 6.92 Å². The van der Waals surface area contributed by atoms with Crippen LogP contribution in [0.4, 0.5) is 5.95 Å². The van der Waals surface area contributed by atoms with Crippen LogP contribution in [0.5, 0.6) is 0 Å². The Morgan fingerprint density at radius 1 is 1.56 bits per heavy atom. The van der Waals surface area contributed by atoms with Crippen LogP contribution in [0.3, 0.4) is 0 Å². The van der Waals surface area contributed by atoms with Crippen LogP contribution in [0.25, 0.3) is 0 Å². The van der Waals surface area contributed by atoms with Gasteiger partial charge in [0.05, 0.1) is 17.8 Å². The van der Waals surface area contributed by atoms with Gasteiger partial charge in [0.1, 0.15) is 0 Å². The van der Waals surface area contributed by atoms with Gasteiger partial charge in [-0.1, -0.05) is 0 Å². The second kappa shape index (κ2) is 4.87. The second-order valence-electron chi connectivity index (χ2n) is 4.42. The van der Waals surface area contributed by atoms with E-state index < -0.39 is 0 Å². The molecule has 0 amide bonds. The van der Waals surface area contributed by atoms with Crippen molar-refractivity contribution >= 4 is 5.95 Å². The molecule has 4 heteroatoms. The van der Waals surface area contributed by atoms with Crippen LogP contribution in [-0.4, -0.2) is 29.3 Å². The summed E-state index contributed by atoms with van der Waals surface area (Å²) in [6, 6.07) is 0.445. The predicted octanol–water partition coefficient (Wildman–Crippen LogP) is 2.36. The number of hydrogen-bond acceptors (Lipinski definition) is 3. The van der Waals surface area contributed by atoms with Crippen molar-refractivity contribution in [3.63, 3.8) is 0 Å². The highest BCUT2D eigenvalue weighted by atomic mass is 16.5. The molecule has 1 saturated carbocycles. The molecule has 0 aliphatic heterocycles. The zero-order chi connectivity index (χ0) is 11.5. The zero-order valence-corrected chi connectivity index (χ0v) is 10.4. The predicted molar refractivity (Wildman–Crippen MR) is 64.8 cm³/mol. The number of imidazole rings is 1. The number of aryl methyl sites for hydroxylation is 1. The molecular weight excluding hydrogens is 202 g/mol. The summed E-state index contributed by atoms with van der Waals surface area (Å²) in [6.45, 7) is 5.03. The van der Waals surface area contributed by atoms with E-state index in [0.717, 1.165) is 24.6 Å². The van der Waals surface area contributed by atoms with E-state index in [-0.39, 0.29) is 0 Å². The molecule has 1 aliphatic carbocycles. The van der Waals surface area contributed by atoms with Crippen LogP contribution in [0.2, 0.25) is 0 Å². The summed E-state index contributed by atoms with van der Waals surface area (Å²) in [5.74, 6) is 0.981. The van der Waals surface area contributed by atoms with Crippen LogP contribution in [0.1, 0.15) is 37.9 Å². The minimum absolute atomic E-state index is 0.339. The minimum atomic E-state index is 0.339. The average molecular weight is 223 g/mol. The van der Waals surface area contributed by atoms with Crippen LogP contribution < -0.4 is 5.32 Å². The molecule has 16 heavy (non-hydrogen) atoms. The quantitative estimate of drug-likeness (QED) is 0.851. The number of nitrogens with zero attached hydrogens (tertiary/aromatic N) is 2. The normalized spacial score (nSPS) is 24.9. The monoisotopic (exact) mass is 223 g/mol. The first kappa shape index (κ1) is 11.5. The molecule has 0 bridgehead atoms. The van der Waals surface area contributed by atoms with Crippen molar-refractivity contribution < 1.29 is 4.74 Å². The Morgan fingerprint density at radius 2 is 2.38 bits per heavy atom. The lowest BCUT2D eigenvalue weighted by Gasteiger charge is -2.21. The van der Waals surface area contributed by atoms with Crippen molar-refractivity contribution in [2.75, 3.05) is 19.0 Å². The fourth-order valence-corrected chi connectivity index (χ4v) is 2.56. The third kappa shape index (κ3) is 2.07. The fourth-order valence-electron chi connectivity index (χ4n) is 2.56. The molecule has 0 radical (unpaired) electrons. The summed E-state index contributed by atoms with van der Waals surface area (Å²) in [7, 11) is 1.81. The Morgan fingerprint density at radius 3 is 3.06 bits per heavy atom. The Bertz CT molecular complexity index is 348. The van der Waals surface area contributed by atoms with Crippen LogP contribution in [-0.2, 0) is 4.74 Å². The molecule has 1 N–H and O–H groups in total. The van der Waals surface area contributed by atoms with Gasteiger partial charge in [0.15, 0.2) is 0 Å². The van der Waals surface area contributed by atoms with Gasteiger partial charge in [0.2, 0.25) is 5.95 Å². The maximum atomic E-state index is 5.54. The molecule has 0 saturated heterocycles. The van der Waals surface area contributed by atoms with Crippen molar-refractivity contribution in [3.05, 3.63) is 11.9 Å². The number of aromatic nitrogens is 2. The summed E-state index contributed by atoms with van der Waals surface area (Å²) in [5, 5.41) is 3.31. The molecule has 4 nitrogen and oxygen atoms in total. The summed E-state index contributed by atoms with van der Waals surface area (Å²) >= 11 is 0. The van der Waals surface area contributed by atoms with E-state index in [1.165, 1.54) is 12.8 Å². The molecule has 1 aliphatic rings. The summed E-state index contributed by atoms with van der Waals surface area (Å²) < 4.78 is 7.79. The van der Waals surface area contributed by atoms with Gasteiger partial charge >= 0.3 is 0 Å². The average Bonchev–Trinajstić information content (AvgIpc) is 2.84. The first-order valence-corrected chi connectivity index (χ1v) is 6.08. The number of nitrogens with one attached hydrogen (secondary N) is 1. The lowest BCUT2D eigenvalue weighted by Crippen LogP contribution is -2.21. The highest BCUT2D eigenvalue weighted by Gasteiger charge is 2.30. The molecular formula is C12H21N3O. The summed E-state index contributed by atoms with van der Waals surface area (Å²) in [4.78, 5) is 4.51. The smallest absolute Gasteiger partial charge is 0.203 e. The summed E-state index contributed by atoms with van der Waals surface area (Å²) in [6.07, 6.45) is 6.05. The topological polar surface area (TPSA) is 39.1 Å². The van der Waals surface area contributed by atoms with Crippen molar-refractivity contribution in [2.45, 2.75) is 45.3 Å². The molecule has 2 unspecified atom stereocenters. The third-order valence-electron chi connectivity index (χ3n) is 3.27. The molecule has 2 atom stereocenters. The molecule has 1 heterocycles. The number of hydrogen-bond donors (Lipinski definition) is 1. The number of methoxy groups -OCH3 is 1. The number of anilines is 1. The van der Waals surface area contributed by atoms with Gasteiger partial charge in [0.25, 0.3) is 0 Å². The molecule has 2 rings (SSSR count). The second-order valence-corrected chi connectivity index (χ2v) is 4.42. The van der Waals surface area contributed by atoms with E-state index in [2.05, 4.69) is 28.0 Å². The highest BCUT2D eigenvalue weighted by Crippen LogP contribution is 2.34. The van der Waals surface area contributed by atoms with Gasteiger partial charge in [-0.05, 0) is 33.1 Å². The van der Waals surface area contributed by atoms with Crippen LogP contribution >= 0.6 is 0 Å². The third-order valence-corrected chi connectivity index (χ3v) is 3.27. The van der Waals surface area contributed by atoms with Crippen molar-refractivity contribution in [3.8, 4) is 0 Å². The van der Waals surface area contributed by atoms with Gasteiger partial charge in [-0.3, -0.25) is 0 Å². The molecule has 1 aromatic rings. The lowest BCUT2D eigenvalue weighted by atomic mass is 10.2. The van der Waals surface area contributed by atoms with Gasteiger partial charge in [0, 0.05) is 19.9 Å². The molecule has 90 valence electrons. The Labute approximate surface area is 97.0 Å². The van der Waals surface area contributed by atoms with Gasteiger partial charge in [-0.15, -0.1) is 0 Å². The lowest BCUT2D eigenvalue weighted by molar-refractivity contribution is 0.0755. The van der Waals surface area contributed by atoms with Crippen molar-refractivity contribution in [2.24, 2.45) is 0 Å². The van der Waals surface area contributed by atoms with Crippen molar-refractivity contribution in [1.82, 2.24) is 9.55 Å². The van der Waals surface area contributed by atoms with E-state index in [4.69, 9.17) is 4.74 Å². The maximum absolute atomic E-state index is 5.54. The SMILES string of the molecule is CCNc1nc(C)cn1C1CCCC1OC. The Balaban J connectivity index is 2.24. The molecule has 0 aromatic carbocycles. The van der Waals surface area contributed by atoms with E-state index in [1.54, 1.807) is 7.11 Å². The number of rotatable bonds is 4. The van der Waals surface area contributed by atoms with Gasteiger partial charge in [-0.25, -0.2) is 4.98 Å². The molecule has 1 fully saturated rings. The largest absolute Gasteiger partial charge is 0.379 e. The fraction of sp³-hybridized carbons (Fsp3) is 0.750. The van der Waals surface area contributed by atoms with Crippen molar-refractivity contribution in [1.29, 1.82) is 0 Å². The minimum Gasteiger partial charge on any atom is -0.379 e. The van der Waals surface area contributed by atoms with Gasteiger partial charge in [-0.2, -0.15) is 0 Å². The number of ether oxygens (including phenoxy) is 1.